The highest BCUT2D eigenvalue weighted by molar-refractivity contribution is 5.79. The monoisotopic (exact) mass is 443 g/mol. The molecule has 0 spiro atoms. The van der Waals surface area contributed by atoms with Gasteiger partial charge in [-0.25, -0.2) is 8.78 Å². The zero-order valence-corrected chi connectivity index (χ0v) is 16.1. The number of halogens is 5. The number of benzene rings is 2. The Hall–Kier alpha value is -3.24. The van der Waals surface area contributed by atoms with Gasteiger partial charge in [-0.3, -0.25) is 14.9 Å². The number of hydrogen-bond donors (Lipinski definition) is 1. The van der Waals surface area contributed by atoms with E-state index in [4.69, 9.17) is 0 Å². The Balaban J connectivity index is 1.62. The van der Waals surface area contributed by atoms with Crippen molar-refractivity contribution >= 4 is 17.3 Å². The Kier molecular flexibility index (Phi) is 6.42. The van der Waals surface area contributed by atoms with Gasteiger partial charge < -0.3 is 10.2 Å². The number of rotatable bonds is 5. The van der Waals surface area contributed by atoms with Crippen molar-refractivity contribution in [1.82, 2.24) is 5.32 Å². The fourth-order valence-electron chi connectivity index (χ4n) is 3.54. The summed E-state index contributed by atoms with van der Waals surface area (Å²) in [4.78, 5) is 24.4. The molecule has 1 amide bonds. The zero-order valence-electron chi connectivity index (χ0n) is 16.1. The predicted octanol–water partition coefficient (Wildman–Crippen LogP) is 4.42. The average Bonchev–Trinajstić information content (AvgIpc) is 2.70. The van der Waals surface area contributed by atoms with Gasteiger partial charge >= 0.3 is 6.18 Å². The van der Waals surface area contributed by atoms with Crippen LogP contribution >= 0.6 is 0 Å². The molecule has 2 aromatic rings. The van der Waals surface area contributed by atoms with E-state index in [1.165, 1.54) is 0 Å². The van der Waals surface area contributed by atoms with Crippen molar-refractivity contribution in [1.29, 1.82) is 0 Å². The second-order valence-electron chi connectivity index (χ2n) is 7.22. The van der Waals surface area contributed by atoms with E-state index in [-0.39, 0.29) is 36.8 Å². The van der Waals surface area contributed by atoms with Crippen molar-refractivity contribution in [3.63, 3.8) is 0 Å². The molecule has 6 nitrogen and oxygen atoms in total. The molecule has 0 bridgehead atoms. The highest BCUT2D eigenvalue weighted by atomic mass is 19.4. The van der Waals surface area contributed by atoms with Gasteiger partial charge in [0.15, 0.2) is 0 Å². The van der Waals surface area contributed by atoms with Crippen LogP contribution in [0.4, 0.5) is 33.3 Å². The fraction of sp³-hybridized carbons (Fsp3) is 0.350. The number of nitrogens with zero attached hydrogens (tertiary/aromatic N) is 2. The van der Waals surface area contributed by atoms with Crippen LogP contribution in [0.3, 0.4) is 0 Å². The maximum atomic E-state index is 13.2. The maximum absolute atomic E-state index is 13.2. The molecule has 2 aromatic carbocycles. The molecule has 11 heteroatoms. The molecule has 31 heavy (non-hydrogen) atoms. The number of hydrogen-bond acceptors (Lipinski definition) is 4. The molecule has 1 aliphatic heterocycles. The summed E-state index contributed by atoms with van der Waals surface area (Å²) in [5, 5.41) is 13.9. The van der Waals surface area contributed by atoms with Crippen molar-refractivity contribution in [2.75, 3.05) is 18.0 Å². The Morgan fingerprint density at radius 2 is 1.71 bits per heavy atom. The van der Waals surface area contributed by atoms with Gasteiger partial charge in [0.25, 0.3) is 5.69 Å². The predicted molar refractivity (Wildman–Crippen MR) is 101 cm³/mol. The van der Waals surface area contributed by atoms with Gasteiger partial charge in [0.1, 0.15) is 17.3 Å². The third-order valence-electron chi connectivity index (χ3n) is 5.09. The molecule has 1 saturated heterocycles. The summed E-state index contributed by atoms with van der Waals surface area (Å²) < 4.78 is 65.0. The fourth-order valence-corrected chi connectivity index (χ4v) is 3.54. The van der Waals surface area contributed by atoms with E-state index >= 15 is 0 Å². The lowest BCUT2D eigenvalue weighted by Gasteiger charge is -2.32. The second-order valence-corrected chi connectivity index (χ2v) is 7.22. The van der Waals surface area contributed by atoms with Crippen molar-refractivity contribution in [2.24, 2.45) is 5.92 Å². The topological polar surface area (TPSA) is 75.5 Å². The molecule has 3 rings (SSSR count). The summed E-state index contributed by atoms with van der Waals surface area (Å²) in [6, 6.07) is 5.30. The van der Waals surface area contributed by atoms with Crippen LogP contribution in [-0.4, -0.2) is 23.9 Å². The third kappa shape index (κ3) is 5.47. The number of carbonyl (C=O) groups excluding carboxylic acids is 1. The number of anilines is 1. The molecular weight excluding hydrogens is 425 g/mol. The van der Waals surface area contributed by atoms with Gasteiger partial charge in [-0.05, 0) is 42.7 Å². The third-order valence-corrected chi connectivity index (χ3v) is 5.09. The van der Waals surface area contributed by atoms with Crippen molar-refractivity contribution in [3.05, 3.63) is 69.3 Å². The van der Waals surface area contributed by atoms with Crippen LogP contribution in [0.2, 0.25) is 0 Å². The molecule has 0 atom stereocenters. The van der Waals surface area contributed by atoms with Crippen LogP contribution in [-0.2, 0) is 17.5 Å². The number of carbonyl (C=O) groups is 1. The lowest BCUT2D eigenvalue weighted by Crippen LogP contribution is -2.40. The Morgan fingerprint density at radius 3 is 2.26 bits per heavy atom. The molecule has 1 aliphatic rings. The van der Waals surface area contributed by atoms with E-state index in [0.29, 0.717) is 18.9 Å². The van der Waals surface area contributed by atoms with Gasteiger partial charge in [-0.2, -0.15) is 13.2 Å². The molecular formula is C20H18F5N3O3. The minimum atomic E-state index is -4.70. The Morgan fingerprint density at radius 1 is 1.10 bits per heavy atom. The number of amides is 1. The van der Waals surface area contributed by atoms with Crippen LogP contribution in [0.5, 0.6) is 0 Å². The highest BCUT2D eigenvalue weighted by Gasteiger charge is 2.34. The van der Waals surface area contributed by atoms with Crippen LogP contribution < -0.4 is 10.2 Å². The second kappa shape index (κ2) is 8.86. The molecule has 0 aliphatic carbocycles. The van der Waals surface area contributed by atoms with E-state index < -0.39 is 39.9 Å². The van der Waals surface area contributed by atoms with Crippen LogP contribution in [0.25, 0.3) is 0 Å². The quantitative estimate of drug-likeness (QED) is 0.422. The smallest absolute Gasteiger partial charge is 0.366 e. The van der Waals surface area contributed by atoms with Gasteiger partial charge in [-0.15, -0.1) is 0 Å². The van der Waals surface area contributed by atoms with Gasteiger partial charge in [0.2, 0.25) is 5.91 Å². The van der Waals surface area contributed by atoms with Gasteiger partial charge in [0.05, 0.1) is 10.5 Å². The number of piperidine rings is 1. The van der Waals surface area contributed by atoms with Crippen molar-refractivity contribution in [3.8, 4) is 0 Å². The first kappa shape index (κ1) is 22.4. The summed E-state index contributed by atoms with van der Waals surface area (Å²) in [5.41, 5.74) is -1.42. The first-order chi connectivity index (χ1) is 14.5. The maximum Gasteiger partial charge on any atom is 0.416 e. The van der Waals surface area contributed by atoms with Gasteiger partial charge in [0, 0.05) is 37.7 Å². The Bertz CT molecular complexity index is 968. The molecule has 0 aromatic heterocycles. The van der Waals surface area contributed by atoms with E-state index in [1.807, 2.05) is 0 Å². The Labute approximate surface area is 173 Å². The summed E-state index contributed by atoms with van der Waals surface area (Å²) in [7, 11) is 0. The lowest BCUT2D eigenvalue weighted by molar-refractivity contribution is -0.384. The molecule has 0 radical (unpaired) electrons. The van der Waals surface area contributed by atoms with E-state index in [2.05, 4.69) is 5.32 Å². The largest absolute Gasteiger partial charge is 0.416 e. The van der Waals surface area contributed by atoms with Crippen LogP contribution in [0.15, 0.2) is 36.4 Å². The van der Waals surface area contributed by atoms with Gasteiger partial charge in [-0.1, -0.05) is 0 Å². The zero-order chi connectivity index (χ0) is 22.8. The molecule has 0 unspecified atom stereocenters. The number of nitrogens with one attached hydrogen (secondary N) is 1. The van der Waals surface area contributed by atoms with Crippen molar-refractivity contribution in [2.45, 2.75) is 25.6 Å². The van der Waals surface area contributed by atoms with Crippen molar-refractivity contribution < 1.29 is 31.7 Å². The van der Waals surface area contributed by atoms with Crippen LogP contribution in [0, 0.1) is 27.7 Å². The SMILES string of the molecule is O=C(NCc1cc(F)cc(F)c1)C1CCN(c2ccc(C(F)(F)F)cc2[N+](=O)[O-])CC1. The minimum Gasteiger partial charge on any atom is -0.366 e. The highest BCUT2D eigenvalue weighted by Crippen LogP contribution is 2.37. The minimum absolute atomic E-state index is 0.0574. The molecule has 0 saturated carbocycles. The summed E-state index contributed by atoms with van der Waals surface area (Å²) in [5.74, 6) is -2.26. The summed E-state index contributed by atoms with van der Waals surface area (Å²) in [6.07, 6.45) is -4.05. The summed E-state index contributed by atoms with van der Waals surface area (Å²) >= 11 is 0. The lowest BCUT2D eigenvalue weighted by atomic mass is 9.95. The molecule has 1 N–H and O–H groups in total. The molecule has 1 heterocycles. The first-order valence-corrected chi connectivity index (χ1v) is 9.38. The normalized spacial score (nSPS) is 15.1. The molecule has 1 fully saturated rings. The average molecular weight is 443 g/mol. The first-order valence-electron chi connectivity index (χ1n) is 9.38. The molecule has 166 valence electrons. The van der Waals surface area contributed by atoms with Crippen LogP contribution in [0.1, 0.15) is 24.0 Å². The number of nitro groups is 1. The van der Waals surface area contributed by atoms with E-state index in [0.717, 1.165) is 30.3 Å². The standard InChI is InChI=1S/C20H18F5N3O3/c21-15-7-12(8-16(22)10-15)11-26-19(29)13-3-5-27(6-4-13)17-2-1-14(20(23,24)25)9-18(17)28(30)31/h1-2,7-10,13H,3-6,11H2,(H,26,29). The van der Waals surface area contributed by atoms with E-state index in [9.17, 15) is 36.9 Å². The summed E-state index contributed by atoms with van der Waals surface area (Å²) in [6.45, 7) is 0.413. The number of nitro benzene ring substituents is 1. The number of alkyl halides is 3. The van der Waals surface area contributed by atoms with E-state index in [1.54, 1.807) is 4.90 Å².